The van der Waals surface area contributed by atoms with Crippen molar-refractivity contribution in [2.75, 3.05) is 6.54 Å². The third-order valence-corrected chi connectivity index (χ3v) is 4.39. The molecule has 2 heteroatoms. The Morgan fingerprint density at radius 2 is 1.13 bits per heavy atom. The fraction of sp³-hybridized carbons (Fsp3) is 0.667. The summed E-state index contributed by atoms with van der Waals surface area (Å²) < 4.78 is 0. The molecule has 0 spiro atoms. The summed E-state index contributed by atoms with van der Waals surface area (Å²) in [4.78, 5) is 13.5. The summed E-state index contributed by atoms with van der Waals surface area (Å²) in [6.45, 7) is 0.660. The van der Waals surface area contributed by atoms with Gasteiger partial charge < -0.3 is 0 Å². The number of aryl methyl sites for hydroxylation is 1. The van der Waals surface area contributed by atoms with Crippen molar-refractivity contribution in [2.24, 2.45) is 4.99 Å². The van der Waals surface area contributed by atoms with E-state index in [1.807, 2.05) is 0 Å². The van der Waals surface area contributed by atoms with Crippen molar-refractivity contribution < 1.29 is 4.79 Å². The standard InChI is InChI=1S/C21H33NO/c23-20-22-19-15-10-8-6-4-2-1-3-5-7-9-12-16-21-17-13-11-14-18-21/h11,13-14,17-18H,1-10,12,15-16,19H2. The van der Waals surface area contributed by atoms with Crippen LogP contribution >= 0.6 is 0 Å². The van der Waals surface area contributed by atoms with Gasteiger partial charge in [-0.2, -0.15) is 0 Å². The molecule has 0 heterocycles. The summed E-state index contributed by atoms with van der Waals surface area (Å²) in [6.07, 6.45) is 18.7. The normalized spacial score (nSPS) is 10.4. The van der Waals surface area contributed by atoms with Gasteiger partial charge in [-0.15, -0.1) is 0 Å². The minimum atomic E-state index is 0.660. The van der Waals surface area contributed by atoms with Crippen LogP contribution in [0.15, 0.2) is 35.3 Å². The Labute approximate surface area is 142 Å². The maximum atomic E-state index is 9.90. The van der Waals surface area contributed by atoms with Gasteiger partial charge in [0.05, 0.1) is 6.54 Å². The predicted molar refractivity (Wildman–Crippen MR) is 98.5 cm³/mol. The fourth-order valence-corrected chi connectivity index (χ4v) is 2.98. The van der Waals surface area contributed by atoms with Crippen LogP contribution in [-0.2, 0) is 11.2 Å². The van der Waals surface area contributed by atoms with Gasteiger partial charge >= 0.3 is 0 Å². The van der Waals surface area contributed by atoms with Crippen molar-refractivity contribution in [1.82, 2.24) is 0 Å². The molecule has 23 heavy (non-hydrogen) atoms. The topological polar surface area (TPSA) is 29.4 Å². The minimum Gasteiger partial charge on any atom is -0.211 e. The molecule has 0 bridgehead atoms. The number of carbonyl (C=O) groups excluding carboxylic acids is 1. The highest BCUT2D eigenvalue weighted by Gasteiger charge is 1.95. The van der Waals surface area contributed by atoms with Gasteiger partial charge in [0.15, 0.2) is 0 Å². The first kappa shape index (κ1) is 19.6. The van der Waals surface area contributed by atoms with Gasteiger partial charge in [-0.3, -0.25) is 0 Å². The van der Waals surface area contributed by atoms with Gasteiger partial charge in [0, 0.05) is 0 Å². The first-order valence-electron chi connectivity index (χ1n) is 9.51. The van der Waals surface area contributed by atoms with E-state index in [0.29, 0.717) is 6.54 Å². The molecule has 0 N–H and O–H groups in total. The van der Waals surface area contributed by atoms with Crippen molar-refractivity contribution >= 4 is 6.08 Å². The van der Waals surface area contributed by atoms with Gasteiger partial charge in [-0.05, 0) is 24.8 Å². The number of rotatable bonds is 15. The molecular weight excluding hydrogens is 282 g/mol. The number of unbranched alkanes of at least 4 members (excludes halogenated alkanes) is 11. The van der Waals surface area contributed by atoms with E-state index in [1.165, 1.54) is 82.6 Å². The van der Waals surface area contributed by atoms with Crippen molar-refractivity contribution in [3.05, 3.63) is 35.9 Å². The molecule has 0 amide bonds. The summed E-state index contributed by atoms with van der Waals surface area (Å²) >= 11 is 0. The number of hydrogen-bond acceptors (Lipinski definition) is 2. The zero-order chi connectivity index (χ0) is 16.4. The molecule has 0 fully saturated rings. The van der Waals surface area contributed by atoms with E-state index in [-0.39, 0.29) is 0 Å². The Kier molecular flexibility index (Phi) is 13.2. The third-order valence-electron chi connectivity index (χ3n) is 4.39. The number of benzene rings is 1. The summed E-state index contributed by atoms with van der Waals surface area (Å²) in [7, 11) is 0. The van der Waals surface area contributed by atoms with Crippen LogP contribution < -0.4 is 0 Å². The van der Waals surface area contributed by atoms with E-state index in [1.54, 1.807) is 6.08 Å². The van der Waals surface area contributed by atoms with Crippen LogP contribution in [0.2, 0.25) is 0 Å². The molecule has 1 aromatic carbocycles. The lowest BCUT2D eigenvalue weighted by atomic mass is 10.0. The van der Waals surface area contributed by atoms with Crippen molar-refractivity contribution in [3.63, 3.8) is 0 Å². The quantitative estimate of drug-likeness (QED) is 0.214. The van der Waals surface area contributed by atoms with Gasteiger partial charge in [0.1, 0.15) is 0 Å². The molecule has 1 aromatic rings. The Hall–Kier alpha value is -1.40. The third kappa shape index (κ3) is 12.8. The molecule has 0 saturated heterocycles. The van der Waals surface area contributed by atoms with E-state index in [4.69, 9.17) is 0 Å². The molecule has 0 aliphatic carbocycles. The van der Waals surface area contributed by atoms with Crippen LogP contribution in [0.25, 0.3) is 0 Å². The van der Waals surface area contributed by atoms with Crippen LogP contribution in [0.4, 0.5) is 0 Å². The van der Waals surface area contributed by atoms with Crippen molar-refractivity contribution in [2.45, 2.75) is 83.5 Å². The maximum absolute atomic E-state index is 9.90. The van der Waals surface area contributed by atoms with Crippen LogP contribution in [0.1, 0.15) is 82.6 Å². The van der Waals surface area contributed by atoms with E-state index in [0.717, 1.165) is 6.42 Å². The first-order valence-corrected chi connectivity index (χ1v) is 9.51. The van der Waals surface area contributed by atoms with E-state index < -0.39 is 0 Å². The summed E-state index contributed by atoms with van der Waals surface area (Å²) in [5.41, 5.74) is 1.48. The van der Waals surface area contributed by atoms with Gasteiger partial charge in [-0.1, -0.05) is 94.5 Å². The smallest absolute Gasteiger partial charge is 0.211 e. The second-order valence-corrected chi connectivity index (χ2v) is 6.45. The Bertz CT molecular complexity index is 409. The Balaban J connectivity index is 1.74. The predicted octanol–water partition coefficient (Wildman–Crippen LogP) is 6.25. The van der Waals surface area contributed by atoms with Crippen molar-refractivity contribution in [3.8, 4) is 0 Å². The molecule has 128 valence electrons. The van der Waals surface area contributed by atoms with Crippen LogP contribution in [0.5, 0.6) is 0 Å². The molecule has 2 nitrogen and oxygen atoms in total. The SMILES string of the molecule is O=C=NCCCCCCCCCCCCCCc1ccccc1. The monoisotopic (exact) mass is 315 g/mol. The molecule has 0 radical (unpaired) electrons. The number of nitrogens with zero attached hydrogens (tertiary/aromatic N) is 1. The van der Waals surface area contributed by atoms with E-state index in [2.05, 4.69) is 35.3 Å². The summed E-state index contributed by atoms with van der Waals surface area (Å²) in [5.74, 6) is 0. The fourth-order valence-electron chi connectivity index (χ4n) is 2.98. The lowest BCUT2D eigenvalue weighted by Crippen LogP contribution is -1.86. The average molecular weight is 316 g/mol. The molecule has 0 aliphatic heterocycles. The highest BCUT2D eigenvalue weighted by Crippen LogP contribution is 2.13. The Morgan fingerprint density at radius 3 is 1.65 bits per heavy atom. The molecular formula is C21H33NO. The second-order valence-electron chi connectivity index (χ2n) is 6.45. The zero-order valence-corrected chi connectivity index (χ0v) is 14.6. The molecule has 0 saturated carbocycles. The lowest BCUT2D eigenvalue weighted by Gasteiger charge is -2.03. The number of hydrogen-bond donors (Lipinski definition) is 0. The largest absolute Gasteiger partial charge is 0.234 e. The van der Waals surface area contributed by atoms with Crippen LogP contribution in [-0.4, -0.2) is 12.6 Å². The molecule has 0 atom stereocenters. The van der Waals surface area contributed by atoms with Crippen LogP contribution in [0, 0.1) is 0 Å². The molecule has 0 unspecified atom stereocenters. The zero-order valence-electron chi connectivity index (χ0n) is 14.6. The van der Waals surface area contributed by atoms with E-state index >= 15 is 0 Å². The maximum Gasteiger partial charge on any atom is 0.234 e. The minimum absolute atomic E-state index is 0.660. The average Bonchev–Trinajstić information content (AvgIpc) is 2.59. The van der Waals surface area contributed by atoms with Gasteiger partial charge in [0.25, 0.3) is 0 Å². The highest BCUT2D eigenvalue weighted by molar-refractivity contribution is 5.32. The first-order chi connectivity index (χ1) is 11.4. The molecule has 1 rings (SSSR count). The second kappa shape index (κ2) is 15.5. The summed E-state index contributed by atoms with van der Waals surface area (Å²) in [5, 5.41) is 0. The summed E-state index contributed by atoms with van der Waals surface area (Å²) in [6, 6.07) is 10.8. The molecule has 0 aromatic heterocycles. The Morgan fingerprint density at radius 1 is 0.652 bits per heavy atom. The van der Waals surface area contributed by atoms with Crippen LogP contribution in [0.3, 0.4) is 0 Å². The highest BCUT2D eigenvalue weighted by atomic mass is 16.1. The van der Waals surface area contributed by atoms with E-state index in [9.17, 15) is 4.79 Å². The number of isocyanates is 1. The van der Waals surface area contributed by atoms with Gasteiger partial charge in [0.2, 0.25) is 6.08 Å². The number of aliphatic imine (C=N–C) groups is 1. The van der Waals surface area contributed by atoms with Gasteiger partial charge in [-0.25, -0.2) is 9.79 Å². The lowest BCUT2D eigenvalue weighted by molar-refractivity contribution is 0.540. The van der Waals surface area contributed by atoms with Crippen molar-refractivity contribution in [1.29, 1.82) is 0 Å². The molecule has 0 aliphatic rings.